The number of ether oxygens (including phenoxy) is 1. The van der Waals surface area contributed by atoms with Gasteiger partial charge in [0.1, 0.15) is 5.75 Å². The Morgan fingerprint density at radius 2 is 1.67 bits per heavy atom. The second-order valence-corrected chi connectivity index (χ2v) is 10.4. The summed E-state index contributed by atoms with van der Waals surface area (Å²) in [5.41, 5.74) is 2.15. The monoisotopic (exact) mass is 534 g/mol. The van der Waals surface area contributed by atoms with E-state index >= 15 is 0 Å². The molecule has 1 heterocycles. The molecule has 0 aromatic heterocycles. The van der Waals surface area contributed by atoms with Gasteiger partial charge in [0, 0.05) is 24.7 Å². The van der Waals surface area contributed by atoms with Crippen LogP contribution in [0.4, 0.5) is 0 Å². The van der Waals surface area contributed by atoms with Gasteiger partial charge in [0.2, 0.25) is 11.8 Å². The quantitative estimate of drug-likeness (QED) is 0.457. The summed E-state index contributed by atoms with van der Waals surface area (Å²) in [6, 6.07) is 14.6. The second kappa shape index (κ2) is 13.6. The van der Waals surface area contributed by atoms with Crippen LogP contribution in [0.25, 0.3) is 0 Å². The molecule has 2 atom stereocenters. The number of rotatable bonds is 11. The smallest absolute Gasteiger partial charge is 0.254 e. The van der Waals surface area contributed by atoms with Gasteiger partial charge in [-0.1, -0.05) is 63.4 Å². The zero-order valence-corrected chi connectivity index (χ0v) is 23.4. The molecular weight excluding hydrogens is 492 g/mol. The number of nitrogens with one attached hydrogen (secondary N) is 2. The minimum Gasteiger partial charge on any atom is -0.497 e. The minimum absolute atomic E-state index is 0.0310. The number of carbonyl (C=O) groups excluding carboxylic acids is 3. The van der Waals surface area contributed by atoms with E-state index in [1.54, 1.807) is 7.11 Å². The number of hydrogen-bond donors (Lipinski definition) is 2. The predicted molar refractivity (Wildman–Crippen MR) is 152 cm³/mol. The molecule has 8 nitrogen and oxygen atoms in total. The Kier molecular flexibility index (Phi) is 9.98. The van der Waals surface area contributed by atoms with Gasteiger partial charge >= 0.3 is 0 Å². The van der Waals surface area contributed by atoms with Gasteiger partial charge < -0.3 is 25.2 Å². The molecular formula is C31H42N4O4. The highest BCUT2D eigenvalue weighted by atomic mass is 16.5. The van der Waals surface area contributed by atoms with Crippen LogP contribution in [0, 0.1) is 0 Å². The average Bonchev–Trinajstić information content (AvgIpc) is 2.98. The molecule has 1 aliphatic carbocycles. The zero-order valence-electron chi connectivity index (χ0n) is 23.4. The summed E-state index contributed by atoms with van der Waals surface area (Å²) in [6.07, 6.45) is 5.13. The lowest BCUT2D eigenvalue weighted by molar-refractivity contribution is -0.128. The molecule has 3 amide bonds. The van der Waals surface area contributed by atoms with E-state index in [1.807, 2.05) is 53.4 Å². The first-order chi connectivity index (χ1) is 19.0. The summed E-state index contributed by atoms with van der Waals surface area (Å²) in [7, 11) is 1.62. The molecule has 0 spiro atoms. The van der Waals surface area contributed by atoms with Crippen molar-refractivity contribution in [2.75, 3.05) is 39.8 Å². The molecule has 2 aromatic rings. The van der Waals surface area contributed by atoms with Crippen LogP contribution in [-0.2, 0) is 9.59 Å². The highest BCUT2D eigenvalue weighted by Crippen LogP contribution is 2.46. The van der Waals surface area contributed by atoms with E-state index in [1.165, 1.54) is 0 Å². The van der Waals surface area contributed by atoms with E-state index in [2.05, 4.69) is 29.4 Å². The third-order valence-corrected chi connectivity index (χ3v) is 8.15. The van der Waals surface area contributed by atoms with Crippen molar-refractivity contribution >= 4 is 17.7 Å². The van der Waals surface area contributed by atoms with Crippen molar-refractivity contribution in [1.82, 2.24) is 20.4 Å². The van der Waals surface area contributed by atoms with Gasteiger partial charge in [-0.25, -0.2) is 0 Å². The summed E-state index contributed by atoms with van der Waals surface area (Å²) in [5, 5.41) is 5.80. The Morgan fingerprint density at radius 1 is 0.974 bits per heavy atom. The lowest BCUT2D eigenvalue weighted by Crippen LogP contribution is -2.52. The van der Waals surface area contributed by atoms with Crippen LogP contribution < -0.4 is 15.4 Å². The summed E-state index contributed by atoms with van der Waals surface area (Å²) in [6.45, 7) is 7.22. The molecule has 2 aromatic carbocycles. The Morgan fingerprint density at radius 3 is 2.33 bits per heavy atom. The summed E-state index contributed by atoms with van der Waals surface area (Å²) < 4.78 is 5.37. The van der Waals surface area contributed by atoms with E-state index in [4.69, 9.17) is 4.74 Å². The first-order valence-corrected chi connectivity index (χ1v) is 14.3. The fraction of sp³-hybridized carbons (Fsp3) is 0.516. The van der Waals surface area contributed by atoms with Crippen LogP contribution in [0.3, 0.4) is 0 Å². The van der Waals surface area contributed by atoms with Gasteiger partial charge in [-0.05, 0) is 55.3 Å². The zero-order chi connectivity index (χ0) is 27.8. The van der Waals surface area contributed by atoms with Crippen molar-refractivity contribution in [2.45, 2.75) is 64.0 Å². The number of likely N-dealkylation sites (N-methyl/N-ethyl adjacent to an activating group) is 1. The summed E-state index contributed by atoms with van der Waals surface area (Å²) in [5.74, 6) is -0.432. The van der Waals surface area contributed by atoms with Crippen LogP contribution in [0.5, 0.6) is 5.75 Å². The number of hydrogen-bond acceptors (Lipinski definition) is 5. The third-order valence-electron chi connectivity index (χ3n) is 8.15. The van der Waals surface area contributed by atoms with Gasteiger partial charge in [-0.2, -0.15) is 0 Å². The van der Waals surface area contributed by atoms with Crippen LogP contribution in [-0.4, -0.2) is 73.4 Å². The Bertz CT molecular complexity index is 1130. The minimum atomic E-state index is -0.641. The maximum atomic E-state index is 14.0. The Labute approximate surface area is 232 Å². The highest BCUT2D eigenvalue weighted by Gasteiger charge is 2.46. The van der Waals surface area contributed by atoms with E-state index in [0.29, 0.717) is 23.4 Å². The van der Waals surface area contributed by atoms with E-state index in [9.17, 15) is 14.4 Å². The van der Waals surface area contributed by atoms with Gasteiger partial charge in [-0.15, -0.1) is 0 Å². The predicted octanol–water partition coefficient (Wildman–Crippen LogP) is 3.88. The van der Waals surface area contributed by atoms with Gasteiger partial charge in [0.25, 0.3) is 5.91 Å². The molecule has 2 N–H and O–H groups in total. The van der Waals surface area contributed by atoms with Gasteiger partial charge in [0.05, 0.1) is 25.6 Å². The SMILES string of the molecule is CCN(CC)CCNC(=O)CNC(=O)[C@H]1c2ccccc2C(=O)N(C2CCCCC2)[C@@H]1c1ccc(OC)cc1. The fourth-order valence-corrected chi connectivity index (χ4v) is 5.98. The van der Waals surface area contributed by atoms with E-state index < -0.39 is 12.0 Å². The summed E-state index contributed by atoms with van der Waals surface area (Å²) in [4.78, 5) is 44.7. The molecule has 0 radical (unpaired) electrons. The molecule has 0 bridgehead atoms. The third kappa shape index (κ3) is 6.61. The lowest BCUT2D eigenvalue weighted by Gasteiger charge is -2.46. The highest BCUT2D eigenvalue weighted by molar-refractivity contribution is 6.02. The van der Waals surface area contributed by atoms with Crippen molar-refractivity contribution in [3.05, 3.63) is 65.2 Å². The van der Waals surface area contributed by atoms with Crippen molar-refractivity contribution in [3.63, 3.8) is 0 Å². The van der Waals surface area contributed by atoms with Crippen molar-refractivity contribution < 1.29 is 19.1 Å². The second-order valence-electron chi connectivity index (χ2n) is 10.4. The number of amides is 3. The van der Waals surface area contributed by atoms with Crippen LogP contribution in [0.1, 0.15) is 79.4 Å². The van der Waals surface area contributed by atoms with Crippen LogP contribution in [0.15, 0.2) is 48.5 Å². The molecule has 2 aliphatic rings. The Balaban J connectivity index is 1.62. The molecule has 1 aliphatic heterocycles. The lowest BCUT2D eigenvalue weighted by atomic mass is 9.77. The van der Waals surface area contributed by atoms with Crippen molar-refractivity contribution in [3.8, 4) is 5.75 Å². The standard InChI is InChI=1S/C31H42N4O4/c1-4-34(5-2)20-19-32-27(36)21-33-30(37)28-25-13-9-10-14-26(25)31(38)35(23-11-7-6-8-12-23)29(28)22-15-17-24(39-3)18-16-22/h9-10,13-18,23,28-29H,4-8,11-12,19-21H2,1-3H3,(H,32,36)(H,33,37)/t28-,29+/m0/s1. The molecule has 210 valence electrons. The Hall–Kier alpha value is -3.39. The number of methoxy groups -OCH3 is 1. The van der Waals surface area contributed by atoms with Crippen LogP contribution in [0.2, 0.25) is 0 Å². The molecule has 4 rings (SSSR count). The van der Waals surface area contributed by atoms with Crippen LogP contribution >= 0.6 is 0 Å². The normalized spacial score (nSPS) is 19.5. The first kappa shape index (κ1) is 28.6. The van der Waals surface area contributed by atoms with E-state index in [-0.39, 0.29) is 30.3 Å². The number of fused-ring (bicyclic) bond motifs is 1. The van der Waals surface area contributed by atoms with Gasteiger partial charge in [0.15, 0.2) is 0 Å². The number of carbonyl (C=O) groups is 3. The molecule has 0 saturated heterocycles. The largest absolute Gasteiger partial charge is 0.497 e. The maximum absolute atomic E-state index is 14.0. The molecule has 1 fully saturated rings. The maximum Gasteiger partial charge on any atom is 0.254 e. The fourth-order valence-electron chi connectivity index (χ4n) is 5.98. The average molecular weight is 535 g/mol. The molecule has 8 heteroatoms. The molecule has 1 saturated carbocycles. The number of benzene rings is 2. The molecule has 39 heavy (non-hydrogen) atoms. The first-order valence-electron chi connectivity index (χ1n) is 14.3. The van der Waals surface area contributed by atoms with Gasteiger partial charge in [-0.3, -0.25) is 14.4 Å². The van der Waals surface area contributed by atoms with Crippen molar-refractivity contribution in [2.24, 2.45) is 0 Å². The van der Waals surface area contributed by atoms with E-state index in [0.717, 1.165) is 57.3 Å². The summed E-state index contributed by atoms with van der Waals surface area (Å²) >= 11 is 0. The van der Waals surface area contributed by atoms with Crippen molar-refractivity contribution in [1.29, 1.82) is 0 Å². The topological polar surface area (TPSA) is 91.0 Å². The number of nitrogens with zero attached hydrogens (tertiary/aromatic N) is 2. The molecule has 0 unspecified atom stereocenters.